The van der Waals surface area contributed by atoms with Crippen LogP contribution < -0.4 is 5.73 Å². The SMILES string of the molecule is NC(=O)C1CCCCN1Cc1ccc(Cl)c([N+](=O)[O-])c1. The summed E-state index contributed by atoms with van der Waals surface area (Å²) in [5.41, 5.74) is 6.05. The largest absolute Gasteiger partial charge is 0.368 e. The third-order valence-corrected chi connectivity index (χ3v) is 3.85. The van der Waals surface area contributed by atoms with Crippen LogP contribution in [0.2, 0.25) is 5.02 Å². The zero-order valence-electron chi connectivity index (χ0n) is 10.9. The molecule has 2 rings (SSSR count). The van der Waals surface area contributed by atoms with Crippen molar-refractivity contribution in [2.24, 2.45) is 5.73 Å². The molecule has 1 unspecified atom stereocenters. The standard InChI is InChI=1S/C13H16ClN3O3/c14-10-5-4-9(7-12(10)17(19)20)8-16-6-2-1-3-11(16)13(15)18/h4-5,7,11H,1-3,6,8H2,(H2,15,18). The van der Waals surface area contributed by atoms with Crippen LogP contribution in [-0.2, 0) is 11.3 Å². The van der Waals surface area contributed by atoms with E-state index in [1.807, 2.05) is 4.90 Å². The highest BCUT2D eigenvalue weighted by Gasteiger charge is 2.27. The number of nitro benzene ring substituents is 1. The Bertz CT molecular complexity index is 536. The predicted octanol–water partition coefficient (Wildman–Crippen LogP) is 2.09. The van der Waals surface area contributed by atoms with Gasteiger partial charge in [-0.05, 0) is 31.0 Å². The Labute approximate surface area is 121 Å². The van der Waals surface area contributed by atoms with E-state index < -0.39 is 4.92 Å². The van der Waals surface area contributed by atoms with E-state index in [0.29, 0.717) is 6.54 Å². The summed E-state index contributed by atoms with van der Waals surface area (Å²) in [6.45, 7) is 1.23. The van der Waals surface area contributed by atoms with E-state index in [1.54, 1.807) is 6.07 Å². The quantitative estimate of drug-likeness (QED) is 0.680. The molecule has 1 saturated heterocycles. The summed E-state index contributed by atoms with van der Waals surface area (Å²) in [6, 6.07) is 4.41. The normalized spacial score (nSPS) is 19.8. The number of likely N-dealkylation sites (tertiary alicyclic amines) is 1. The summed E-state index contributed by atoms with van der Waals surface area (Å²) >= 11 is 5.78. The number of halogens is 1. The van der Waals surface area contributed by atoms with Crippen LogP contribution in [-0.4, -0.2) is 28.3 Å². The summed E-state index contributed by atoms with van der Waals surface area (Å²) in [4.78, 5) is 23.8. The minimum Gasteiger partial charge on any atom is -0.368 e. The molecular formula is C13H16ClN3O3. The van der Waals surface area contributed by atoms with Crippen molar-refractivity contribution >= 4 is 23.2 Å². The average Bonchev–Trinajstić information content (AvgIpc) is 2.41. The molecule has 0 saturated carbocycles. The molecule has 20 heavy (non-hydrogen) atoms. The van der Waals surface area contributed by atoms with Gasteiger partial charge in [0.25, 0.3) is 5.69 Å². The number of nitro groups is 1. The summed E-state index contributed by atoms with van der Waals surface area (Å²) in [6.07, 6.45) is 2.72. The smallest absolute Gasteiger partial charge is 0.288 e. The number of carbonyl (C=O) groups is 1. The number of hydrogen-bond donors (Lipinski definition) is 1. The Morgan fingerprint density at radius 2 is 2.25 bits per heavy atom. The lowest BCUT2D eigenvalue weighted by atomic mass is 10.0. The molecular weight excluding hydrogens is 282 g/mol. The lowest BCUT2D eigenvalue weighted by Crippen LogP contribution is -2.47. The van der Waals surface area contributed by atoms with Crippen LogP contribution in [0.5, 0.6) is 0 Å². The van der Waals surface area contributed by atoms with Crippen molar-refractivity contribution in [1.82, 2.24) is 4.90 Å². The van der Waals surface area contributed by atoms with Gasteiger partial charge in [0.1, 0.15) is 5.02 Å². The molecule has 2 N–H and O–H groups in total. The van der Waals surface area contributed by atoms with Crippen molar-refractivity contribution in [3.63, 3.8) is 0 Å². The maximum Gasteiger partial charge on any atom is 0.288 e. The summed E-state index contributed by atoms with van der Waals surface area (Å²) in [5, 5.41) is 11.0. The molecule has 1 atom stereocenters. The number of primary amides is 1. The van der Waals surface area contributed by atoms with Crippen LogP contribution in [0.4, 0.5) is 5.69 Å². The molecule has 7 heteroatoms. The highest BCUT2D eigenvalue weighted by molar-refractivity contribution is 6.32. The van der Waals surface area contributed by atoms with Crippen LogP contribution in [0, 0.1) is 10.1 Å². The van der Waals surface area contributed by atoms with Crippen molar-refractivity contribution in [2.75, 3.05) is 6.54 Å². The second kappa shape index (κ2) is 6.19. The summed E-state index contributed by atoms with van der Waals surface area (Å²) < 4.78 is 0. The first-order valence-corrected chi connectivity index (χ1v) is 6.83. The molecule has 0 bridgehead atoms. The summed E-state index contributed by atoms with van der Waals surface area (Å²) in [7, 11) is 0. The van der Waals surface area contributed by atoms with Gasteiger partial charge in [0, 0.05) is 12.6 Å². The molecule has 1 aliphatic rings. The maximum absolute atomic E-state index is 11.4. The highest BCUT2D eigenvalue weighted by Crippen LogP contribution is 2.27. The fourth-order valence-electron chi connectivity index (χ4n) is 2.53. The van der Waals surface area contributed by atoms with Gasteiger partial charge in [0.05, 0.1) is 11.0 Å². The number of amides is 1. The molecule has 1 heterocycles. The van der Waals surface area contributed by atoms with Crippen molar-refractivity contribution < 1.29 is 9.72 Å². The fraction of sp³-hybridized carbons (Fsp3) is 0.462. The van der Waals surface area contributed by atoms with Gasteiger partial charge in [-0.15, -0.1) is 0 Å². The number of nitrogens with two attached hydrogens (primary N) is 1. The molecule has 1 amide bonds. The molecule has 1 aromatic rings. The van der Waals surface area contributed by atoms with E-state index in [4.69, 9.17) is 17.3 Å². The van der Waals surface area contributed by atoms with Crippen molar-refractivity contribution in [3.8, 4) is 0 Å². The summed E-state index contributed by atoms with van der Waals surface area (Å²) in [5.74, 6) is -0.340. The maximum atomic E-state index is 11.4. The zero-order valence-corrected chi connectivity index (χ0v) is 11.7. The topological polar surface area (TPSA) is 89.5 Å². The van der Waals surface area contributed by atoms with Gasteiger partial charge in [-0.2, -0.15) is 0 Å². The first-order chi connectivity index (χ1) is 9.49. The molecule has 0 aliphatic carbocycles. The van der Waals surface area contributed by atoms with Crippen LogP contribution in [0.3, 0.4) is 0 Å². The first kappa shape index (κ1) is 14.7. The van der Waals surface area contributed by atoms with Crippen LogP contribution >= 0.6 is 11.6 Å². The van der Waals surface area contributed by atoms with E-state index in [0.717, 1.165) is 31.4 Å². The van der Waals surface area contributed by atoms with Gasteiger partial charge >= 0.3 is 0 Å². The number of nitrogens with zero attached hydrogens (tertiary/aromatic N) is 2. The van der Waals surface area contributed by atoms with Crippen LogP contribution in [0.15, 0.2) is 18.2 Å². The number of piperidine rings is 1. The third kappa shape index (κ3) is 3.26. The van der Waals surface area contributed by atoms with E-state index in [9.17, 15) is 14.9 Å². The lowest BCUT2D eigenvalue weighted by molar-refractivity contribution is -0.384. The average molecular weight is 298 g/mol. The predicted molar refractivity (Wildman–Crippen MR) is 75.3 cm³/mol. The van der Waals surface area contributed by atoms with Crippen molar-refractivity contribution in [3.05, 3.63) is 38.9 Å². The minimum atomic E-state index is -0.506. The monoisotopic (exact) mass is 297 g/mol. The second-order valence-corrected chi connectivity index (χ2v) is 5.33. The van der Waals surface area contributed by atoms with E-state index in [1.165, 1.54) is 12.1 Å². The van der Waals surface area contributed by atoms with E-state index in [-0.39, 0.29) is 22.7 Å². The van der Waals surface area contributed by atoms with Crippen LogP contribution in [0.25, 0.3) is 0 Å². The van der Waals surface area contributed by atoms with Crippen molar-refractivity contribution in [2.45, 2.75) is 31.8 Å². The van der Waals surface area contributed by atoms with Gasteiger partial charge in [-0.3, -0.25) is 19.8 Å². The zero-order chi connectivity index (χ0) is 14.7. The third-order valence-electron chi connectivity index (χ3n) is 3.53. The molecule has 1 aromatic carbocycles. The number of rotatable bonds is 4. The molecule has 108 valence electrons. The molecule has 1 fully saturated rings. The van der Waals surface area contributed by atoms with Crippen LogP contribution in [0.1, 0.15) is 24.8 Å². The fourth-order valence-corrected chi connectivity index (χ4v) is 2.72. The molecule has 0 radical (unpaired) electrons. The second-order valence-electron chi connectivity index (χ2n) is 4.93. The number of carbonyl (C=O) groups excluding carboxylic acids is 1. The minimum absolute atomic E-state index is 0.114. The number of benzene rings is 1. The van der Waals surface area contributed by atoms with Crippen molar-refractivity contribution in [1.29, 1.82) is 0 Å². The van der Waals surface area contributed by atoms with Gasteiger partial charge in [-0.1, -0.05) is 24.1 Å². The van der Waals surface area contributed by atoms with Gasteiger partial charge in [-0.25, -0.2) is 0 Å². The molecule has 1 aliphatic heterocycles. The number of hydrogen-bond acceptors (Lipinski definition) is 4. The van der Waals surface area contributed by atoms with E-state index >= 15 is 0 Å². The van der Waals surface area contributed by atoms with E-state index in [2.05, 4.69) is 0 Å². The lowest BCUT2D eigenvalue weighted by Gasteiger charge is -2.33. The first-order valence-electron chi connectivity index (χ1n) is 6.45. The Morgan fingerprint density at radius 3 is 2.90 bits per heavy atom. The Morgan fingerprint density at radius 1 is 1.50 bits per heavy atom. The highest BCUT2D eigenvalue weighted by atomic mass is 35.5. The molecule has 0 spiro atoms. The molecule has 6 nitrogen and oxygen atoms in total. The van der Waals surface area contributed by atoms with Gasteiger partial charge in [0.2, 0.25) is 5.91 Å². The Balaban J connectivity index is 2.18. The Kier molecular flexibility index (Phi) is 4.57. The van der Waals surface area contributed by atoms with Gasteiger partial charge in [0.15, 0.2) is 0 Å². The Hall–Kier alpha value is -1.66. The van der Waals surface area contributed by atoms with Gasteiger partial charge < -0.3 is 5.73 Å². The molecule has 0 aromatic heterocycles.